The predicted molar refractivity (Wildman–Crippen MR) is 74.9 cm³/mol. The van der Waals surface area contributed by atoms with Gasteiger partial charge in [-0.25, -0.2) is 4.98 Å². The third-order valence-corrected chi connectivity index (χ3v) is 3.83. The van der Waals surface area contributed by atoms with Crippen LogP contribution in [0.4, 0.5) is 0 Å². The molecule has 1 aliphatic heterocycles. The summed E-state index contributed by atoms with van der Waals surface area (Å²) >= 11 is 6.04. The highest BCUT2D eigenvalue weighted by Gasteiger charge is 2.21. The molecule has 5 heteroatoms. The predicted octanol–water partition coefficient (Wildman–Crippen LogP) is 3.14. The van der Waals surface area contributed by atoms with Gasteiger partial charge in [0.1, 0.15) is 11.6 Å². The standard InChI is InChI=1S/C14H17ClN2O2/c1-18-11-4-5-12-13(7-11)17(14(8-15)16-12)10-3-2-6-19-9-10/h4-5,7,10H,2-3,6,8-9H2,1H3. The number of hydrogen-bond donors (Lipinski definition) is 0. The lowest BCUT2D eigenvalue weighted by Gasteiger charge is -2.25. The molecule has 1 unspecified atom stereocenters. The minimum Gasteiger partial charge on any atom is -0.497 e. The molecule has 0 radical (unpaired) electrons. The Balaban J connectivity index is 2.12. The summed E-state index contributed by atoms with van der Waals surface area (Å²) in [6.07, 6.45) is 2.18. The SMILES string of the molecule is COc1ccc2nc(CCl)n(C3CCCOC3)c2c1. The molecule has 2 heterocycles. The Bertz CT molecular complexity index is 576. The van der Waals surface area contributed by atoms with Gasteiger partial charge in [-0.05, 0) is 25.0 Å². The lowest BCUT2D eigenvalue weighted by atomic mass is 10.1. The molecule has 0 saturated carbocycles. The first-order valence-electron chi connectivity index (χ1n) is 6.52. The summed E-state index contributed by atoms with van der Waals surface area (Å²) in [4.78, 5) is 4.60. The molecular formula is C14H17ClN2O2. The van der Waals surface area contributed by atoms with Crippen molar-refractivity contribution in [2.45, 2.75) is 24.8 Å². The number of ether oxygens (including phenoxy) is 2. The summed E-state index contributed by atoms with van der Waals surface area (Å²) in [6.45, 7) is 1.58. The number of rotatable bonds is 3. The van der Waals surface area contributed by atoms with E-state index < -0.39 is 0 Å². The van der Waals surface area contributed by atoms with Crippen LogP contribution in [0, 0.1) is 0 Å². The van der Waals surface area contributed by atoms with Crippen molar-refractivity contribution in [2.75, 3.05) is 20.3 Å². The second-order valence-corrected chi connectivity index (χ2v) is 5.02. The third kappa shape index (κ3) is 2.30. The van der Waals surface area contributed by atoms with Gasteiger partial charge in [-0.3, -0.25) is 0 Å². The number of aromatic nitrogens is 2. The van der Waals surface area contributed by atoms with Gasteiger partial charge in [0.05, 0.1) is 36.7 Å². The normalized spacial score (nSPS) is 19.8. The first-order valence-corrected chi connectivity index (χ1v) is 7.05. The summed E-state index contributed by atoms with van der Waals surface area (Å²) in [5.41, 5.74) is 2.03. The van der Waals surface area contributed by atoms with Gasteiger partial charge in [-0.1, -0.05) is 0 Å². The fourth-order valence-electron chi connectivity index (χ4n) is 2.68. The van der Waals surface area contributed by atoms with Crippen molar-refractivity contribution in [2.24, 2.45) is 0 Å². The summed E-state index contributed by atoms with van der Waals surface area (Å²) < 4.78 is 13.1. The smallest absolute Gasteiger partial charge is 0.125 e. The minimum absolute atomic E-state index is 0.319. The second kappa shape index (κ2) is 5.39. The molecular weight excluding hydrogens is 264 g/mol. The molecule has 1 fully saturated rings. The van der Waals surface area contributed by atoms with E-state index in [1.54, 1.807) is 7.11 Å². The molecule has 4 nitrogen and oxygen atoms in total. The lowest BCUT2D eigenvalue weighted by Crippen LogP contribution is -2.22. The molecule has 1 saturated heterocycles. The van der Waals surface area contributed by atoms with Gasteiger partial charge in [-0.2, -0.15) is 0 Å². The minimum atomic E-state index is 0.319. The topological polar surface area (TPSA) is 36.3 Å². The van der Waals surface area contributed by atoms with Gasteiger partial charge in [0.2, 0.25) is 0 Å². The Hall–Kier alpha value is -1.26. The maximum atomic E-state index is 6.04. The van der Waals surface area contributed by atoms with Crippen LogP contribution >= 0.6 is 11.6 Å². The first-order chi connectivity index (χ1) is 9.33. The highest BCUT2D eigenvalue weighted by Crippen LogP contribution is 2.29. The van der Waals surface area contributed by atoms with Gasteiger partial charge < -0.3 is 14.0 Å². The molecule has 0 N–H and O–H groups in total. The molecule has 102 valence electrons. The Kier molecular flexibility index (Phi) is 3.62. The summed E-state index contributed by atoms with van der Waals surface area (Å²) in [5.74, 6) is 2.15. The fraction of sp³-hybridized carbons (Fsp3) is 0.500. The highest BCUT2D eigenvalue weighted by molar-refractivity contribution is 6.16. The molecule has 1 atom stereocenters. The van der Waals surface area contributed by atoms with Gasteiger partial charge in [0, 0.05) is 12.7 Å². The molecule has 3 rings (SSSR count). The number of nitrogens with zero attached hydrogens (tertiary/aromatic N) is 2. The number of benzene rings is 1. The largest absolute Gasteiger partial charge is 0.497 e. The summed E-state index contributed by atoms with van der Waals surface area (Å²) in [5, 5.41) is 0. The van der Waals surface area contributed by atoms with E-state index in [9.17, 15) is 0 Å². The van der Waals surface area contributed by atoms with Crippen LogP contribution in [0.15, 0.2) is 18.2 Å². The van der Waals surface area contributed by atoms with Crippen LogP contribution in [0.5, 0.6) is 5.75 Å². The van der Waals surface area contributed by atoms with E-state index >= 15 is 0 Å². The number of halogens is 1. The van der Waals surface area contributed by atoms with Gasteiger partial charge in [0.15, 0.2) is 0 Å². The van der Waals surface area contributed by atoms with Crippen LogP contribution in [0.1, 0.15) is 24.7 Å². The van der Waals surface area contributed by atoms with E-state index in [-0.39, 0.29) is 0 Å². The quantitative estimate of drug-likeness (QED) is 0.811. The molecule has 1 aromatic heterocycles. The van der Waals surface area contributed by atoms with Crippen molar-refractivity contribution in [1.29, 1.82) is 0 Å². The molecule has 19 heavy (non-hydrogen) atoms. The van der Waals surface area contributed by atoms with Crippen molar-refractivity contribution < 1.29 is 9.47 Å². The van der Waals surface area contributed by atoms with Crippen LogP contribution in [-0.2, 0) is 10.6 Å². The zero-order valence-electron chi connectivity index (χ0n) is 10.9. The van der Waals surface area contributed by atoms with Crippen molar-refractivity contribution >= 4 is 22.6 Å². The molecule has 0 bridgehead atoms. The van der Waals surface area contributed by atoms with E-state index in [2.05, 4.69) is 9.55 Å². The van der Waals surface area contributed by atoms with Crippen molar-refractivity contribution in [3.63, 3.8) is 0 Å². The Morgan fingerprint density at radius 1 is 1.53 bits per heavy atom. The molecule has 1 aliphatic rings. The van der Waals surface area contributed by atoms with E-state index in [1.807, 2.05) is 18.2 Å². The number of fused-ring (bicyclic) bond motifs is 1. The van der Waals surface area contributed by atoms with Gasteiger partial charge in [-0.15, -0.1) is 11.6 Å². The third-order valence-electron chi connectivity index (χ3n) is 3.59. The molecule has 2 aromatic rings. The van der Waals surface area contributed by atoms with Crippen LogP contribution in [0.2, 0.25) is 0 Å². The van der Waals surface area contributed by atoms with Crippen LogP contribution in [0.25, 0.3) is 11.0 Å². The van der Waals surface area contributed by atoms with Crippen molar-refractivity contribution in [1.82, 2.24) is 9.55 Å². The zero-order chi connectivity index (χ0) is 13.2. The van der Waals surface area contributed by atoms with Crippen molar-refractivity contribution in [3.05, 3.63) is 24.0 Å². The van der Waals surface area contributed by atoms with Crippen molar-refractivity contribution in [3.8, 4) is 5.75 Å². The Morgan fingerprint density at radius 2 is 2.42 bits per heavy atom. The van der Waals surface area contributed by atoms with E-state index in [0.717, 1.165) is 48.7 Å². The molecule has 0 aliphatic carbocycles. The van der Waals surface area contributed by atoms with E-state index in [0.29, 0.717) is 11.9 Å². The average Bonchev–Trinajstić information content (AvgIpc) is 2.85. The Labute approximate surface area is 117 Å². The van der Waals surface area contributed by atoms with Gasteiger partial charge in [0.25, 0.3) is 0 Å². The number of imidazole rings is 1. The Morgan fingerprint density at radius 3 is 3.11 bits per heavy atom. The molecule has 0 amide bonds. The number of hydrogen-bond acceptors (Lipinski definition) is 3. The van der Waals surface area contributed by atoms with Crippen LogP contribution in [-0.4, -0.2) is 29.9 Å². The molecule has 1 aromatic carbocycles. The summed E-state index contributed by atoms with van der Waals surface area (Å²) in [7, 11) is 1.67. The summed E-state index contributed by atoms with van der Waals surface area (Å²) in [6, 6.07) is 6.24. The average molecular weight is 281 g/mol. The van der Waals surface area contributed by atoms with E-state index in [4.69, 9.17) is 21.1 Å². The molecule has 0 spiro atoms. The van der Waals surface area contributed by atoms with Gasteiger partial charge >= 0.3 is 0 Å². The van der Waals surface area contributed by atoms with E-state index in [1.165, 1.54) is 0 Å². The lowest BCUT2D eigenvalue weighted by molar-refractivity contribution is 0.0597. The number of methoxy groups -OCH3 is 1. The monoisotopic (exact) mass is 280 g/mol. The zero-order valence-corrected chi connectivity index (χ0v) is 11.7. The number of alkyl halides is 1. The second-order valence-electron chi connectivity index (χ2n) is 4.76. The van der Waals surface area contributed by atoms with Crippen LogP contribution < -0.4 is 4.74 Å². The first kappa shape index (κ1) is 12.8. The maximum absolute atomic E-state index is 6.04. The highest BCUT2D eigenvalue weighted by atomic mass is 35.5. The van der Waals surface area contributed by atoms with Crippen LogP contribution in [0.3, 0.4) is 0 Å². The fourth-order valence-corrected chi connectivity index (χ4v) is 2.87. The maximum Gasteiger partial charge on any atom is 0.125 e.